The van der Waals surface area contributed by atoms with E-state index in [4.69, 9.17) is 9.47 Å². The van der Waals surface area contributed by atoms with Crippen molar-refractivity contribution in [3.8, 4) is 5.88 Å². The van der Waals surface area contributed by atoms with Crippen molar-refractivity contribution in [3.05, 3.63) is 11.9 Å². The summed E-state index contributed by atoms with van der Waals surface area (Å²) in [5.74, 6) is 1.92. The molecule has 0 fully saturated rings. The lowest BCUT2D eigenvalue weighted by Gasteiger charge is -2.11. The molecule has 0 bridgehead atoms. The number of nitrogens with one attached hydrogen (secondary N) is 1. The van der Waals surface area contributed by atoms with Crippen LogP contribution in [0.1, 0.15) is 19.2 Å². The molecule has 6 nitrogen and oxygen atoms in total. The van der Waals surface area contributed by atoms with E-state index in [1.807, 2.05) is 13.8 Å². The summed E-state index contributed by atoms with van der Waals surface area (Å²) in [5.41, 5.74) is 0. The Morgan fingerprint density at radius 2 is 2.22 bits per heavy atom. The highest BCUT2D eigenvalue weighted by atomic mass is 16.5. The van der Waals surface area contributed by atoms with Gasteiger partial charge in [0.2, 0.25) is 5.88 Å². The van der Waals surface area contributed by atoms with E-state index in [0.29, 0.717) is 43.7 Å². The molecule has 0 saturated carbocycles. The van der Waals surface area contributed by atoms with Crippen molar-refractivity contribution in [2.45, 2.75) is 26.4 Å². The summed E-state index contributed by atoms with van der Waals surface area (Å²) in [6.07, 6.45) is 0.137. The Kier molecular flexibility index (Phi) is 6.38. The first-order chi connectivity index (χ1) is 8.65. The quantitative estimate of drug-likeness (QED) is 0.721. The van der Waals surface area contributed by atoms with Gasteiger partial charge in [0, 0.05) is 19.7 Å². The van der Waals surface area contributed by atoms with E-state index < -0.39 is 6.10 Å². The normalized spacial score (nSPS) is 12.2. The molecular formula is C12H21N3O3. The molecule has 1 heterocycles. The van der Waals surface area contributed by atoms with E-state index in [1.54, 1.807) is 13.2 Å². The number of aliphatic hydroxyl groups excluding tert-OH is 1. The second kappa shape index (κ2) is 7.84. The molecule has 0 radical (unpaired) electrons. The Morgan fingerprint density at radius 1 is 1.44 bits per heavy atom. The molecule has 18 heavy (non-hydrogen) atoms. The van der Waals surface area contributed by atoms with E-state index in [2.05, 4.69) is 15.3 Å². The van der Waals surface area contributed by atoms with Gasteiger partial charge in [-0.25, -0.2) is 4.98 Å². The van der Waals surface area contributed by atoms with Crippen LogP contribution in [0.4, 0.5) is 5.82 Å². The molecule has 1 unspecified atom stereocenters. The number of aromatic nitrogens is 2. The largest absolute Gasteiger partial charge is 0.478 e. The standard InChI is InChI=1S/C12H21N3O3/c1-4-18-12-7-11(14-9(2)15-12)13-6-5-10(16)8-17-3/h7,10,16H,4-6,8H2,1-3H3,(H,13,14,15). The number of hydrogen-bond acceptors (Lipinski definition) is 6. The number of nitrogens with zero attached hydrogens (tertiary/aromatic N) is 2. The lowest BCUT2D eigenvalue weighted by Crippen LogP contribution is -2.18. The van der Waals surface area contributed by atoms with Crippen LogP contribution in [0.2, 0.25) is 0 Å². The first-order valence-corrected chi connectivity index (χ1v) is 6.05. The fourth-order valence-corrected chi connectivity index (χ4v) is 1.50. The van der Waals surface area contributed by atoms with Gasteiger partial charge in [-0.2, -0.15) is 4.98 Å². The minimum absolute atomic E-state index is 0.342. The molecule has 1 aromatic heterocycles. The summed E-state index contributed by atoms with van der Waals surface area (Å²) >= 11 is 0. The number of ether oxygens (including phenoxy) is 2. The maximum Gasteiger partial charge on any atom is 0.218 e. The first-order valence-electron chi connectivity index (χ1n) is 6.05. The van der Waals surface area contributed by atoms with E-state index in [1.165, 1.54) is 0 Å². The Balaban J connectivity index is 2.46. The second-order valence-electron chi connectivity index (χ2n) is 3.90. The SMILES string of the molecule is CCOc1cc(NCCC(O)COC)nc(C)n1. The number of aliphatic hydroxyl groups is 1. The Morgan fingerprint density at radius 3 is 2.89 bits per heavy atom. The predicted octanol–water partition coefficient (Wildman–Crippen LogP) is 0.993. The number of aryl methyl sites for hydroxylation is 1. The number of anilines is 1. The number of rotatable bonds is 8. The number of hydrogen-bond donors (Lipinski definition) is 2. The van der Waals surface area contributed by atoms with E-state index in [0.717, 1.165) is 0 Å². The zero-order valence-corrected chi connectivity index (χ0v) is 11.1. The van der Waals surface area contributed by atoms with Gasteiger partial charge in [0.05, 0.1) is 19.3 Å². The van der Waals surface area contributed by atoms with Gasteiger partial charge < -0.3 is 19.9 Å². The lowest BCUT2D eigenvalue weighted by atomic mass is 10.2. The average Bonchev–Trinajstić information content (AvgIpc) is 2.29. The molecule has 0 amide bonds. The first kappa shape index (κ1) is 14.7. The fourth-order valence-electron chi connectivity index (χ4n) is 1.50. The molecule has 0 aromatic carbocycles. The number of methoxy groups -OCH3 is 1. The highest BCUT2D eigenvalue weighted by Gasteiger charge is 2.05. The highest BCUT2D eigenvalue weighted by molar-refractivity contribution is 5.38. The van der Waals surface area contributed by atoms with Crippen molar-refractivity contribution in [2.24, 2.45) is 0 Å². The van der Waals surface area contributed by atoms with Crippen LogP contribution >= 0.6 is 0 Å². The molecule has 102 valence electrons. The van der Waals surface area contributed by atoms with Crippen LogP contribution in [0.3, 0.4) is 0 Å². The Labute approximate surface area is 107 Å². The molecule has 0 aliphatic heterocycles. The molecule has 0 spiro atoms. The van der Waals surface area contributed by atoms with Crippen molar-refractivity contribution in [1.29, 1.82) is 0 Å². The van der Waals surface area contributed by atoms with E-state index in [-0.39, 0.29) is 0 Å². The Hall–Kier alpha value is -1.40. The van der Waals surface area contributed by atoms with E-state index >= 15 is 0 Å². The lowest BCUT2D eigenvalue weighted by molar-refractivity contribution is 0.0615. The van der Waals surface area contributed by atoms with Gasteiger partial charge in [-0.1, -0.05) is 0 Å². The van der Waals surface area contributed by atoms with Crippen LogP contribution in [0, 0.1) is 6.92 Å². The van der Waals surface area contributed by atoms with Crippen LogP contribution in [-0.2, 0) is 4.74 Å². The third-order valence-corrected chi connectivity index (χ3v) is 2.25. The van der Waals surface area contributed by atoms with Crippen molar-refractivity contribution in [3.63, 3.8) is 0 Å². The predicted molar refractivity (Wildman–Crippen MR) is 68.9 cm³/mol. The van der Waals surface area contributed by atoms with Crippen LogP contribution in [0.15, 0.2) is 6.07 Å². The van der Waals surface area contributed by atoms with Gasteiger partial charge in [-0.15, -0.1) is 0 Å². The monoisotopic (exact) mass is 255 g/mol. The fraction of sp³-hybridized carbons (Fsp3) is 0.667. The maximum absolute atomic E-state index is 9.50. The van der Waals surface area contributed by atoms with Gasteiger partial charge >= 0.3 is 0 Å². The summed E-state index contributed by atoms with van der Waals surface area (Å²) < 4.78 is 10.2. The Bertz CT molecular complexity index is 360. The zero-order valence-electron chi connectivity index (χ0n) is 11.1. The molecule has 2 N–H and O–H groups in total. The molecule has 1 rings (SSSR count). The summed E-state index contributed by atoms with van der Waals surface area (Å²) in [5, 5.41) is 12.6. The summed E-state index contributed by atoms with van der Waals surface area (Å²) in [6, 6.07) is 1.75. The van der Waals surface area contributed by atoms with Crippen molar-refractivity contribution >= 4 is 5.82 Å². The minimum atomic E-state index is -0.461. The molecule has 6 heteroatoms. The van der Waals surface area contributed by atoms with Gasteiger partial charge in [0.1, 0.15) is 11.6 Å². The second-order valence-corrected chi connectivity index (χ2v) is 3.90. The van der Waals surface area contributed by atoms with E-state index in [9.17, 15) is 5.11 Å². The molecule has 1 aromatic rings. The molecule has 0 aliphatic carbocycles. The van der Waals surface area contributed by atoms with Crippen LogP contribution < -0.4 is 10.1 Å². The molecule has 0 saturated heterocycles. The average molecular weight is 255 g/mol. The zero-order chi connectivity index (χ0) is 13.4. The van der Waals surface area contributed by atoms with Gasteiger partial charge in [-0.3, -0.25) is 0 Å². The third kappa shape index (κ3) is 5.29. The summed E-state index contributed by atoms with van der Waals surface area (Å²) in [7, 11) is 1.57. The summed E-state index contributed by atoms with van der Waals surface area (Å²) in [4.78, 5) is 8.40. The van der Waals surface area contributed by atoms with Crippen LogP contribution in [0.25, 0.3) is 0 Å². The summed E-state index contributed by atoms with van der Waals surface area (Å²) in [6.45, 7) is 5.25. The highest BCUT2D eigenvalue weighted by Crippen LogP contribution is 2.13. The van der Waals surface area contributed by atoms with Crippen LogP contribution in [0.5, 0.6) is 5.88 Å². The minimum Gasteiger partial charge on any atom is -0.478 e. The maximum atomic E-state index is 9.50. The third-order valence-electron chi connectivity index (χ3n) is 2.25. The van der Waals surface area contributed by atoms with Crippen molar-refractivity contribution < 1.29 is 14.6 Å². The van der Waals surface area contributed by atoms with Crippen LogP contribution in [-0.4, -0.2) is 48.0 Å². The van der Waals surface area contributed by atoms with Gasteiger partial charge in [0.15, 0.2) is 0 Å². The van der Waals surface area contributed by atoms with Crippen molar-refractivity contribution in [1.82, 2.24) is 9.97 Å². The topological polar surface area (TPSA) is 76.5 Å². The molecule has 1 atom stereocenters. The van der Waals surface area contributed by atoms with Gasteiger partial charge in [-0.05, 0) is 20.3 Å². The van der Waals surface area contributed by atoms with Gasteiger partial charge in [0.25, 0.3) is 0 Å². The molecular weight excluding hydrogens is 234 g/mol. The van der Waals surface area contributed by atoms with Crippen molar-refractivity contribution in [2.75, 3.05) is 32.2 Å². The molecule has 0 aliphatic rings. The smallest absolute Gasteiger partial charge is 0.218 e.